The van der Waals surface area contributed by atoms with Crippen LogP contribution >= 0.6 is 0 Å². The summed E-state index contributed by atoms with van der Waals surface area (Å²) in [5.41, 5.74) is -4.70. The zero-order chi connectivity index (χ0) is 22.7. The van der Waals surface area contributed by atoms with Gasteiger partial charge in [0.1, 0.15) is 23.5 Å². The molecule has 0 aromatic heterocycles. The van der Waals surface area contributed by atoms with Crippen molar-refractivity contribution in [1.82, 2.24) is 15.1 Å². The van der Waals surface area contributed by atoms with Gasteiger partial charge in [0, 0.05) is 32.6 Å². The molecular weight excluding hydrogens is 408 g/mol. The van der Waals surface area contributed by atoms with E-state index in [1.165, 1.54) is 0 Å². The van der Waals surface area contributed by atoms with E-state index in [-0.39, 0.29) is 43.5 Å². The predicted molar refractivity (Wildman–Crippen MR) is 109 cm³/mol. The van der Waals surface area contributed by atoms with E-state index < -0.39 is 28.4 Å². The predicted octanol–water partition coefficient (Wildman–Crippen LogP) is 2.58. The van der Waals surface area contributed by atoms with Crippen molar-refractivity contribution in [1.29, 1.82) is 0 Å². The van der Waals surface area contributed by atoms with Gasteiger partial charge in [-0.1, -0.05) is 0 Å². The number of carbonyl (C=O) groups is 3. The highest BCUT2D eigenvalue weighted by Gasteiger charge is 2.67. The molecule has 0 spiro atoms. The minimum absolute atomic E-state index is 0.0583. The third kappa shape index (κ3) is 4.51. The van der Waals surface area contributed by atoms with E-state index in [1.807, 2.05) is 0 Å². The van der Waals surface area contributed by atoms with Crippen LogP contribution in [-0.4, -0.2) is 77.4 Å². The van der Waals surface area contributed by atoms with Crippen molar-refractivity contribution in [3.8, 4) is 0 Å². The Morgan fingerprint density at radius 1 is 0.935 bits per heavy atom. The third-order valence-electron chi connectivity index (χ3n) is 7.09. The Hall–Kier alpha value is -1.93. The summed E-state index contributed by atoms with van der Waals surface area (Å²) in [5, 5.41) is 2.45. The van der Waals surface area contributed by atoms with Gasteiger partial charge in [0.05, 0.1) is 5.41 Å². The molecule has 1 aliphatic heterocycles. The average Bonchev–Trinajstić information content (AvgIpc) is 2.61. The van der Waals surface area contributed by atoms with Crippen molar-refractivity contribution in [3.63, 3.8) is 0 Å². The molecule has 9 heteroatoms. The number of piperazine rings is 1. The van der Waals surface area contributed by atoms with E-state index in [0.717, 1.165) is 0 Å². The van der Waals surface area contributed by atoms with Crippen LogP contribution in [0.3, 0.4) is 0 Å². The van der Waals surface area contributed by atoms with Crippen LogP contribution in [-0.2, 0) is 14.3 Å². The van der Waals surface area contributed by atoms with Crippen LogP contribution in [0.1, 0.15) is 59.3 Å². The SMILES string of the molecule is CC(C)(C)OC(=O)NCC(=O)N1CCN(C(=O)C23CC4CC(F)(CC(F)(C4)C2)C3)CC1. The van der Waals surface area contributed by atoms with Crippen LogP contribution in [0.25, 0.3) is 0 Å². The van der Waals surface area contributed by atoms with Crippen LogP contribution < -0.4 is 5.32 Å². The summed E-state index contributed by atoms with van der Waals surface area (Å²) in [6.07, 6.45) is 0.846. The smallest absolute Gasteiger partial charge is 0.408 e. The maximum atomic E-state index is 15.2. The highest BCUT2D eigenvalue weighted by molar-refractivity contribution is 5.85. The van der Waals surface area contributed by atoms with Crippen molar-refractivity contribution >= 4 is 17.9 Å². The van der Waals surface area contributed by atoms with Gasteiger partial charge in [-0.15, -0.1) is 0 Å². The number of nitrogens with one attached hydrogen (secondary N) is 1. The van der Waals surface area contributed by atoms with E-state index >= 15 is 8.78 Å². The first-order valence-corrected chi connectivity index (χ1v) is 11.2. The van der Waals surface area contributed by atoms with Crippen molar-refractivity contribution in [2.75, 3.05) is 32.7 Å². The summed E-state index contributed by atoms with van der Waals surface area (Å²) >= 11 is 0. The summed E-state index contributed by atoms with van der Waals surface area (Å²) < 4.78 is 35.6. The topological polar surface area (TPSA) is 79.0 Å². The highest BCUT2D eigenvalue weighted by atomic mass is 19.2. The first-order valence-electron chi connectivity index (χ1n) is 11.2. The van der Waals surface area contributed by atoms with Crippen molar-refractivity contribution in [2.45, 2.75) is 76.2 Å². The molecule has 1 saturated heterocycles. The van der Waals surface area contributed by atoms with Gasteiger partial charge in [0.15, 0.2) is 0 Å². The number of nitrogens with zero attached hydrogens (tertiary/aromatic N) is 2. The number of hydrogen-bond donors (Lipinski definition) is 1. The highest BCUT2D eigenvalue weighted by Crippen LogP contribution is 2.66. The Balaban J connectivity index is 1.31. The number of rotatable bonds is 3. The normalized spacial score (nSPS) is 37.0. The molecule has 1 heterocycles. The van der Waals surface area contributed by atoms with E-state index in [2.05, 4.69) is 5.32 Å². The van der Waals surface area contributed by atoms with Gasteiger partial charge in [-0.3, -0.25) is 9.59 Å². The lowest BCUT2D eigenvalue weighted by atomic mass is 9.47. The maximum absolute atomic E-state index is 15.2. The number of hydrogen-bond acceptors (Lipinski definition) is 4. The number of alkyl halides is 2. The van der Waals surface area contributed by atoms with Gasteiger partial charge in [-0.25, -0.2) is 13.6 Å². The molecule has 5 fully saturated rings. The van der Waals surface area contributed by atoms with Crippen LogP contribution in [0, 0.1) is 11.3 Å². The molecule has 4 saturated carbocycles. The van der Waals surface area contributed by atoms with Crippen molar-refractivity contribution in [2.24, 2.45) is 11.3 Å². The Kier molecular flexibility index (Phi) is 5.25. The van der Waals surface area contributed by atoms with Crippen LogP contribution in [0.15, 0.2) is 0 Å². The minimum atomic E-state index is -1.56. The summed E-state index contributed by atoms with van der Waals surface area (Å²) in [4.78, 5) is 40.8. The number of alkyl carbamates (subject to hydrolysis) is 1. The molecule has 4 bridgehead atoms. The molecule has 0 aromatic carbocycles. The van der Waals surface area contributed by atoms with Crippen LogP contribution in [0.4, 0.5) is 13.6 Å². The lowest BCUT2D eigenvalue weighted by molar-refractivity contribution is -0.194. The van der Waals surface area contributed by atoms with E-state index in [0.29, 0.717) is 45.4 Å². The summed E-state index contributed by atoms with van der Waals surface area (Å²) in [6.45, 7) is 6.38. The van der Waals surface area contributed by atoms with Gasteiger partial charge < -0.3 is 19.9 Å². The quantitative estimate of drug-likeness (QED) is 0.730. The lowest BCUT2D eigenvalue weighted by Gasteiger charge is -2.61. The van der Waals surface area contributed by atoms with Gasteiger partial charge in [-0.05, 0) is 58.8 Å². The van der Waals surface area contributed by atoms with Crippen LogP contribution in [0.5, 0.6) is 0 Å². The maximum Gasteiger partial charge on any atom is 0.408 e. The second-order valence-corrected chi connectivity index (χ2v) is 11.1. The molecule has 2 atom stereocenters. The standard InChI is InChI=1S/C22H33F2N3O4/c1-19(2,3)31-18(30)25-11-16(28)26-4-6-27(7-5-26)17(29)20-8-15-9-21(23,12-20)14-22(24,10-15)13-20/h15H,4-14H2,1-3H3,(H,25,30). The molecule has 5 aliphatic rings. The molecular formula is C22H33F2N3O4. The van der Waals surface area contributed by atoms with E-state index in [9.17, 15) is 14.4 Å². The molecule has 7 nitrogen and oxygen atoms in total. The van der Waals surface area contributed by atoms with Crippen molar-refractivity contribution in [3.05, 3.63) is 0 Å². The molecule has 0 radical (unpaired) electrons. The lowest BCUT2D eigenvalue weighted by Crippen LogP contribution is -2.65. The monoisotopic (exact) mass is 441 g/mol. The molecule has 4 aliphatic carbocycles. The Morgan fingerprint density at radius 3 is 2.00 bits per heavy atom. The third-order valence-corrected chi connectivity index (χ3v) is 7.09. The number of amides is 3. The van der Waals surface area contributed by atoms with Gasteiger partial charge in [0.2, 0.25) is 11.8 Å². The fourth-order valence-electron chi connectivity index (χ4n) is 6.51. The summed E-state index contributed by atoms with van der Waals surface area (Å²) in [5.74, 6) is -0.463. The van der Waals surface area contributed by atoms with Gasteiger partial charge in [-0.2, -0.15) is 0 Å². The molecule has 3 amide bonds. The zero-order valence-corrected chi connectivity index (χ0v) is 18.6. The fraction of sp³-hybridized carbons (Fsp3) is 0.864. The molecule has 31 heavy (non-hydrogen) atoms. The second kappa shape index (κ2) is 7.30. The molecule has 5 rings (SSSR count). The molecule has 1 N–H and O–H groups in total. The Labute approximate surface area is 181 Å². The van der Waals surface area contributed by atoms with Crippen molar-refractivity contribution < 1.29 is 27.9 Å². The summed E-state index contributed by atoms with van der Waals surface area (Å²) in [7, 11) is 0. The fourth-order valence-corrected chi connectivity index (χ4v) is 6.51. The first kappa shape index (κ1) is 22.3. The molecule has 2 unspecified atom stereocenters. The Bertz CT molecular complexity index is 757. The van der Waals surface area contributed by atoms with Gasteiger partial charge >= 0.3 is 6.09 Å². The molecule has 174 valence electrons. The average molecular weight is 442 g/mol. The Morgan fingerprint density at radius 2 is 1.48 bits per heavy atom. The van der Waals surface area contributed by atoms with Crippen LogP contribution in [0.2, 0.25) is 0 Å². The number of halogens is 2. The van der Waals surface area contributed by atoms with E-state index in [4.69, 9.17) is 4.74 Å². The second-order valence-electron chi connectivity index (χ2n) is 11.1. The number of ether oxygens (including phenoxy) is 1. The minimum Gasteiger partial charge on any atom is -0.444 e. The molecule has 0 aromatic rings. The van der Waals surface area contributed by atoms with E-state index in [1.54, 1.807) is 30.6 Å². The largest absolute Gasteiger partial charge is 0.444 e. The first-order chi connectivity index (χ1) is 14.3. The summed E-state index contributed by atoms with van der Waals surface area (Å²) in [6, 6.07) is 0. The zero-order valence-electron chi connectivity index (χ0n) is 18.6. The van der Waals surface area contributed by atoms with Gasteiger partial charge in [0.25, 0.3) is 0 Å². The number of carbonyl (C=O) groups excluding carboxylic acids is 3.